The van der Waals surface area contributed by atoms with E-state index in [1.807, 2.05) is 19.1 Å². The summed E-state index contributed by atoms with van der Waals surface area (Å²) in [6.45, 7) is 3.67. The zero-order valence-corrected chi connectivity index (χ0v) is 16.4. The van der Waals surface area contributed by atoms with E-state index in [9.17, 15) is 14.9 Å². The summed E-state index contributed by atoms with van der Waals surface area (Å²) in [5.74, 6) is 1.18. The molecule has 0 heterocycles. The molecule has 0 saturated carbocycles. The number of non-ortho nitro benzene ring substituents is 1. The molecule has 2 aromatic carbocycles. The fraction of sp³-hybridized carbons (Fsp3) is 0.316. The maximum Gasteiger partial charge on any atom is 0.269 e. The largest absolute Gasteiger partial charge is 0.497 e. The summed E-state index contributed by atoms with van der Waals surface area (Å²) in [6, 6.07) is 11.3. The molecule has 0 aliphatic heterocycles. The van der Waals surface area contributed by atoms with Crippen LogP contribution in [0.25, 0.3) is 0 Å². The molecule has 2 unspecified atom stereocenters. The molecule has 0 aliphatic rings. The lowest BCUT2D eigenvalue weighted by Crippen LogP contribution is -2.33. The number of carbonyl (C=O) groups excluding carboxylic acids is 1. The number of thioether (sulfide) groups is 1. The highest BCUT2D eigenvalue weighted by Crippen LogP contribution is 2.30. The Labute approximate surface area is 162 Å². The van der Waals surface area contributed by atoms with E-state index < -0.39 is 4.92 Å². The van der Waals surface area contributed by atoms with Gasteiger partial charge < -0.3 is 14.8 Å². The third kappa shape index (κ3) is 5.37. The molecule has 1 amide bonds. The first-order chi connectivity index (χ1) is 12.8. The molecule has 7 nitrogen and oxygen atoms in total. The van der Waals surface area contributed by atoms with Crippen LogP contribution in [0, 0.1) is 10.1 Å². The highest BCUT2D eigenvalue weighted by atomic mass is 32.2. The van der Waals surface area contributed by atoms with Crippen LogP contribution in [-0.2, 0) is 4.79 Å². The number of methoxy groups -OCH3 is 2. The molecule has 2 rings (SSSR count). The van der Waals surface area contributed by atoms with Crippen LogP contribution >= 0.6 is 11.8 Å². The number of carbonyl (C=O) groups is 1. The summed E-state index contributed by atoms with van der Waals surface area (Å²) >= 11 is 1.34. The van der Waals surface area contributed by atoms with Crippen molar-refractivity contribution >= 4 is 23.4 Å². The summed E-state index contributed by atoms with van der Waals surface area (Å²) in [4.78, 5) is 23.6. The molecule has 8 heteroatoms. The van der Waals surface area contributed by atoms with Gasteiger partial charge in [0.2, 0.25) is 5.91 Å². The van der Waals surface area contributed by atoms with Crippen molar-refractivity contribution in [3.05, 3.63) is 58.1 Å². The van der Waals surface area contributed by atoms with Gasteiger partial charge in [-0.25, -0.2) is 0 Å². The van der Waals surface area contributed by atoms with Crippen molar-refractivity contribution in [3.8, 4) is 11.5 Å². The lowest BCUT2D eigenvalue weighted by molar-refractivity contribution is -0.384. The van der Waals surface area contributed by atoms with Crippen LogP contribution in [0.4, 0.5) is 5.69 Å². The van der Waals surface area contributed by atoms with E-state index in [1.165, 1.54) is 23.9 Å². The number of nitro benzene ring substituents is 1. The minimum Gasteiger partial charge on any atom is -0.497 e. The Morgan fingerprint density at radius 3 is 2.33 bits per heavy atom. The van der Waals surface area contributed by atoms with Gasteiger partial charge in [-0.3, -0.25) is 14.9 Å². The number of amides is 1. The number of hydrogen-bond donors (Lipinski definition) is 1. The molecule has 1 N–H and O–H groups in total. The van der Waals surface area contributed by atoms with E-state index in [4.69, 9.17) is 9.47 Å². The van der Waals surface area contributed by atoms with Crippen LogP contribution in [-0.4, -0.2) is 30.3 Å². The van der Waals surface area contributed by atoms with Crippen molar-refractivity contribution in [1.82, 2.24) is 5.32 Å². The lowest BCUT2D eigenvalue weighted by Gasteiger charge is -2.20. The molecule has 2 atom stereocenters. The summed E-state index contributed by atoms with van der Waals surface area (Å²) in [6.07, 6.45) is 0. The number of nitro groups is 1. The molecule has 0 aromatic heterocycles. The predicted octanol–water partition coefficient (Wildman–Crippen LogP) is 3.97. The van der Waals surface area contributed by atoms with Crippen LogP contribution in [0.2, 0.25) is 0 Å². The SMILES string of the molecule is COc1ccc(C(C)NC(=O)C(C)Sc2ccc([N+](=O)[O-])cc2)c(OC)c1. The lowest BCUT2D eigenvalue weighted by atomic mass is 10.1. The van der Waals surface area contributed by atoms with Crippen molar-refractivity contribution in [3.63, 3.8) is 0 Å². The highest BCUT2D eigenvalue weighted by Gasteiger charge is 2.20. The molecule has 27 heavy (non-hydrogen) atoms. The first-order valence-corrected chi connectivity index (χ1v) is 9.17. The molecule has 0 aliphatic carbocycles. The van der Waals surface area contributed by atoms with Crippen molar-refractivity contribution in [2.24, 2.45) is 0 Å². The molecule has 0 spiro atoms. The van der Waals surface area contributed by atoms with Gasteiger partial charge in [-0.05, 0) is 38.1 Å². The van der Waals surface area contributed by atoms with Gasteiger partial charge >= 0.3 is 0 Å². The van der Waals surface area contributed by atoms with Crippen LogP contribution in [0.5, 0.6) is 11.5 Å². The van der Waals surface area contributed by atoms with Crippen LogP contribution in [0.15, 0.2) is 47.4 Å². The van der Waals surface area contributed by atoms with E-state index in [2.05, 4.69) is 5.32 Å². The zero-order chi connectivity index (χ0) is 20.0. The molecular weight excluding hydrogens is 368 g/mol. The van der Waals surface area contributed by atoms with E-state index >= 15 is 0 Å². The average molecular weight is 390 g/mol. The standard InChI is InChI=1S/C19H22N2O5S/c1-12(17-10-7-15(25-3)11-18(17)26-4)20-19(22)13(2)27-16-8-5-14(6-9-16)21(23)24/h5-13H,1-4H3,(H,20,22). The van der Waals surface area contributed by atoms with Crippen molar-refractivity contribution < 1.29 is 19.2 Å². The molecule has 2 aromatic rings. The van der Waals surface area contributed by atoms with Crippen LogP contribution in [0.3, 0.4) is 0 Å². The van der Waals surface area contributed by atoms with Crippen molar-refractivity contribution in [2.75, 3.05) is 14.2 Å². The molecular formula is C19H22N2O5S. The third-order valence-electron chi connectivity index (χ3n) is 4.00. The minimum atomic E-state index is -0.450. The van der Waals surface area contributed by atoms with Gasteiger partial charge in [-0.2, -0.15) is 0 Å². The maximum atomic E-state index is 12.5. The minimum absolute atomic E-state index is 0.0247. The Kier molecular flexibility index (Phi) is 7.06. The molecule has 0 bridgehead atoms. The van der Waals surface area contributed by atoms with Gasteiger partial charge in [-0.15, -0.1) is 11.8 Å². The van der Waals surface area contributed by atoms with Gasteiger partial charge in [0.05, 0.1) is 30.4 Å². The highest BCUT2D eigenvalue weighted by molar-refractivity contribution is 8.00. The van der Waals surface area contributed by atoms with E-state index in [0.29, 0.717) is 11.5 Å². The summed E-state index contributed by atoms with van der Waals surface area (Å²) in [7, 11) is 3.15. The van der Waals surface area contributed by atoms with Gasteiger partial charge in [0.15, 0.2) is 0 Å². The fourth-order valence-corrected chi connectivity index (χ4v) is 3.37. The average Bonchev–Trinajstić information content (AvgIpc) is 2.67. The molecule has 0 radical (unpaired) electrons. The molecule has 144 valence electrons. The topological polar surface area (TPSA) is 90.7 Å². The smallest absolute Gasteiger partial charge is 0.269 e. The predicted molar refractivity (Wildman–Crippen MR) is 105 cm³/mol. The normalized spacial score (nSPS) is 12.7. The van der Waals surface area contributed by atoms with Crippen molar-refractivity contribution in [2.45, 2.75) is 30.0 Å². The second-order valence-corrected chi connectivity index (χ2v) is 7.26. The van der Waals surface area contributed by atoms with Gasteiger partial charge in [0.1, 0.15) is 11.5 Å². The maximum absolute atomic E-state index is 12.5. The number of benzene rings is 2. The molecule has 0 fully saturated rings. The van der Waals surface area contributed by atoms with E-state index in [-0.39, 0.29) is 22.9 Å². The second kappa shape index (κ2) is 9.27. The first-order valence-electron chi connectivity index (χ1n) is 8.29. The zero-order valence-electron chi connectivity index (χ0n) is 15.6. The second-order valence-electron chi connectivity index (χ2n) is 5.85. The number of ether oxygens (including phenoxy) is 2. The number of nitrogens with zero attached hydrogens (tertiary/aromatic N) is 1. The van der Waals surface area contributed by atoms with Gasteiger partial charge in [-0.1, -0.05) is 0 Å². The quantitative estimate of drug-likeness (QED) is 0.417. The monoisotopic (exact) mass is 390 g/mol. The number of nitrogens with one attached hydrogen (secondary N) is 1. The number of hydrogen-bond acceptors (Lipinski definition) is 6. The van der Waals surface area contributed by atoms with Crippen molar-refractivity contribution in [1.29, 1.82) is 0 Å². The summed E-state index contributed by atoms with van der Waals surface area (Å²) in [5.41, 5.74) is 0.871. The fourth-order valence-electron chi connectivity index (χ4n) is 2.49. The van der Waals surface area contributed by atoms with E-state index in [0.717, 1.165) is 10.5 Å². The van der Waals surface area contributed by atoms with Crippen LogP contribution in [0.1, 0.15) is 25.5 Å². The Hall–Kier alpha value is -2.74. The summed E-state index contributed by atoms with van der Waals surface area (Å²) in [5, 5.41) is 13.3. The molecule has 0 saturated heterocycles. The van der Waals surface area contributed by atoms with Gasteiger partial charge in [0, 0.05) is 28.7 Å². The summed E-state index contributed by atoms with van der Waals surface area (Å²) < 4.78 is 10.6. The Balaban J connectivity index is 2.02. The van der Waals surface area contributed by atoms with E-state index in [1.54, 1.807) is 39.3 Å². The Morgan fingerprint density at radius 1 is 1.11 bits per heavy atom. The third-order valence-corrected chi connectivity index (χ3v) is 5.11. The van der Waals surface area contributed by atoms with Gasteiger partial charge in [0.25, 0.3) is 5.69 Å². The first kappa shape index (κ1) is 20.6. The van der Waals surface area contributed by atoms with Crippen LogP contribution < -0.4 is 14.8 Å². The number of rotatable bonds is 8. The Bertz CT molecular complexity index is 810. The Morgan fingerprint density at radius 2 is 1.78 bits per heavy atom.